The smallest absolute Gasteiger partial charge is 0.251 e. The summed E-state index contributed by atoms with van der Waals surface area (Å²) in [4.78, 5) is 14.7. The highest BCUT2D eigenvalue weighted by Gasteiger charge is 2.26. The fourth-order valence-electron chi connectivity index (χ4n) is 2.84. The highest BCUT2D eigenvalue weighted by molar-refractivity contribution is 7.89. The van der Waals surface area contributed by atoms with Crippen molar-refractivity contribution in [3.8, 4) is 5.75 Å². The molecule has 0 aliphatic rings. The highest BCUT2D eigenvalue weighted by Crippen LogP contribution is 2.26. The summed E-state index contributed by atoms with van der Waals surface area (Å²) >= 11 is 1.60. The minimum Gasteiger partial charge on any atom is -0.495 e. The van der Waals surface area contributed by atoms with Crippen molar-refractivity contribution < 1.29 is 17.9 Å². The summed E-state index contributed by atoms with van der Waals surface area (Å²) in [5.41, 5.74) is 0.706. The molecule has 160 valence electrons. The molecule has 2 rings (SSSR count). The fourth-order valence-corrected chi connectivity index (χ4v) is 5.16. The van der Waals surface area contributed by atoms with Crippen molar-refractivity contribution >= 4 is 27.3 Å². The van der Waals surface area contributed by atoms with Crippen LogP contribution >= 0.6 is 11.3 Å². The summed E-state index contributed by atoms with van der Waals surface area (Å²) in [6, 6.07) is 6.44. The third-order valence-electron chi connectivity index (χ3n) is 4.16. The first-order valence-corrected chi connectivity index (χ1v) is 11.6. The number of carbonyl (C=O) groups excluding carboxylic acids is 1. The molecule has 0 spiro atoms. The number of amides is 1. The number of hydrogen-bond acceptors (Lipinski definition) is 6. The van der Waals surface area contributed by atoms with Gasteiger partial charge in [0.15, 0.2) is 0 Å². The molecule has 1 unspecified atom stereocenters. The number of methoxy groups -OCH3 is 1. The van der Waals surface area contributed by atoms with Gasteiger partial charge in [-0.05, 0) is 75.5 Å². The molecule has 0 radical (unpaired) electrons. The van der Waals surface area contributed by atoms with Gasteiger partial charge < -0.3 is 15.0 Å². The van der Waals surface area contributed by atoms with Crippen molar-refractivity contribution in [1.29, 1.82) is 0 Å². The molecule has 9 heteroatoms. The summed E-state index contributed by atoms with van der Waals surface area (Å²) < 4.78 is 33.4. The monoisotopic (exact) mass is 439 g/mol. The van der Waals surface area contributed by atoms with E-state index in [0.717, 1.165) is 5.56 Å². The van der Waals surface area contributed by atoms with E-state index in [9.17, 15) is 13.2 Å². The maximum atomic E-state index is 12.8. The average molecular weight is 440 g/mol. The Morgan fingerprint density at radius 2 is 1.93 bits per heavy atom. The number of carbonyl (C=O) groups is 1. The molecule has 7 nitrogen and oxygen atoms in total. The van der Waals surface area contributed by atoms with Crippen molar-refractivity contribution in [1.82, 2.24) is 14.9 Å². The zero-order chi connectivity index (χ0) is 21.8. The van der Waals surface area contributed by atoms with Gasteiger partial charge in [0.2, 0.25) is 10.0 Å². The Balaban J connectivity index is 2.25. The zero-order valence-corrected chi connectivity index (χ0v) is 19.3. The second-order valence-electron chi connectivity index (χ2n) is 7.97. The first-order chi connectivity index (χ1) is 13.4. The average Bonchev–Trinajstić information content (AvgIpc) is 3.13. The normalized spacial score (nSPS) is 13.3. The first-order valence-electron chi connectivity index (χ1n) is 9.13. The predicted molar refractivity (Wildman–Crippen MR) is 116 cm³/mol. The van der Waals surface area contributed by atoms with E-state index in [2.05, 4.69) is 10.0 Å². The number of rotatable bonds is 8. The van der Waals surface area contributed by atoms with Gasteiger partial charge in [-0.25, -0.2) is 13.1 Å². The van der Waals surface area contributed by atoms with Gasteiger partial charge in [-0.15, -0.1) is 0 Å². The van der Waals surface area contributed by atoms with Gasteiger partial charge in [-0.1, -0.05) is 0 Å². The lowest BCUT2D eigenvalue weighted by atomic mass is 10.1. The van der Waals surface area contributed by atoms with E-state index in [1.807, 2.05) is 35.8 Å². The maximum absolute atomic E-state index is 12.8. The van der Waals surface area contributed by atoms with E-state index in [1.54, 1.807) is 38.2 Å². The molecule has 1 aromatic heterocycles. The molecular formula is C20H29N3O4S2. The molecule has 1 amide bonds. The zero-order valence-electron chi connectivity index (χ0n) is 17.6. The van der Waals surface area contributed by atoms with Crippen LogP contribution in [0.15, 0.2) is 39.9 Å². The van der Waals surface area contributed by atoms with E-state index >= 15 is 0 Å². The van der Waals surface area contributed by atoms with Crippen molar-refractivity contribution in [2.45, 2.75) is 37.2 Å². The molecule has 0 aliphatic heterocycles. The van der Waals surface area contributed by atoms with Crippen LogP contribution in [0.1, 0.15) is 42.7 Å². The molecule has 1 atom stereocenters. The first kappa shape index (κ1) is 23.3. The lowest BCUT2D eigenvalue weighted by Crippen LogP contribution is -2.40. The molecule has 2 aromatic rings. The molecular weight excluding hydrogens is 410 g/mol. The van der Waals surface area contributed by atoms with Gasteiger partial charge in [0.05, 0.1) is 13.2 Å². The third kappa shape index (κ3) is 6.27. The van der Waals surface area contributed by atoms with E-state index in [-0.39, 0.29) is 28.2 Å². The number of nitrogens with zero attached hydrogens (tertiary/aromatic N) is 1. The lowest BCUT2D eigenvalue weighted by molar-refractivity contribution is 0.0941. The minimum absolute atomic E-state index is 0.0224. The Morgan fingerprint density at radius 3 is 2.45 bits per heavy atom. The van der Waals surface area contributed by atoms with E-state index in [1.165, 1.54) is 19.2 Å². The van der Waals surface area contributed by atoms with Crippen LogP contribution < -0.4 is 14.8 Å². The predicted octanol–water partition coefficient (Wildman–Crippen LogP) is 2.87. The highest BCUT2D eigenvalue weighted by atomic mass is 32.2. The van der Waals surface area contributed by atoms with Crippen molar-refractivity contribution in [3.63, 3.8) is 0 Å². The lowest BCUT2D eigenvalue weighted by Gasteiger charge is -2.24. The number of nitrogens with one attached hydrogen (secondary N) is 2. The molecule has 0 fully saturated rings. The summed E-state index contributed by atoms with van der Waals surface area (Å²) in [6.45, 7) is 5.65. The Hall–Kier alpha value is -1.94. The van der Waals surface area contributed by atoms with Crippen LogP contribution in [0.5, 0.6) is 5.75 Å². The van der Waals surface area contributed by atoms with Crippen molar-refractivity contribution in [2.75, 3.05) is 27.7 Å². The number of hydrogen-bond donors (Lipinski definition) is 2. The molecule has 0 aliphatic carbocycles. The second kappa shape index (κ2) is 9.25. The van der Waals surface area contributed by atoms with E-state index in [4.69, 9.17) is 4.74 Å². The Morgan fingerprint density at radius 1 is 1.24 bits per heavy atom. The third-order valence-corrected chi connectivity index (χ3v) is 6.64. The maximum Gasteiger partial charge on any atom is 0.251 e. The van der Waals surface area contributed by atoms with E-state index in [0.29, 0.717) is 6.54 Å². The van der Waals surface area contributed by atoms with Crippen LogP contribution in [0.4, 0.5) is 0 Å². The quantitative estimate of drug-likeness (QED) is 0.660. The molecule has 0 bridgehead atoms. The summed E-state index contributed by atoms with van der Waals surface area (Å²) in [5.74, 6) is -0.162. The molecule has 1 aromatic carbocycles. The largest absolute Gasteiger partial charge is 0.495 e. The second-order valence-corrected chi connectivity index (χ2v) is 10.4. The van der Waals surface area contributed by atoms with Crippen molar-refractivity contribution in [2.24, 2.45) is 0 Å². The number of thiophene rings is 1. The molecule has 0 saturated carbocycles. The standard InChI is InChI=1S/C20H29N3O4S2/c1-20(2,3)22-29(25,26)18-11-14(7-8-17(18)27-6)19(24)21-12-16(23(4)5)15-9-10-28-13-15/h7-11,13,16,22H,12H2,1-6H3,(H,21,24). The van der Waals surface area contributed by atoms with Crippen LogP contribution in [0.2, 0.25) is 0 Å². The molecule has 1 heterocycles. The van der Waals surface area contributed by atoms with Crippen LogP contribution in [-0.2, 0) is 10.0 Å². The Kier molecular flexibility index (Phi) is 7.45. The molecule has 0 saturated heterocycles. The van der Waals surface area contributed by atoms with Crippen LogP contribution in [0, 0.1) is 0 Å². The molecule has 2 N–H and O–H groups in total. The van der Waals surface area contributed by atoms with Crippen LogP contribution in [-0.4, -0.2) is 52.5 Å². The summed E-state index contributed by atoms with van der Waals surface area (Å²) in [5, 5.41) is 6.95. The minimum atomic E-state index is -3.86. The SMILES string of the molecule is COc1ccc(C(=O)NCC(c2ccsc2)N(C)C)cc1S(=O)(=O)NC(C)(C)C. The van der Waals surface area contributed by atoms with Gasteiger partial charge >= 0.3 is 0 Å². The van der Waals surface area contributed by atoms with Gasteiger partial charge in [0, 0.05) is 17.6 Å². The van der Waals surface area contributed by atoms with Gasteiger partial charge in [0.25, 0.3) is 5.91 Å². The summed E-state index contributed by atoms with van der Waals surface area (Å²) in [6.07, 6.45) is 0. The van der Waals surface area contributed by atoms with E-state index < -0.39 is 15.6 Å². The fraction of sp³-hybridized carbons (Fsp3) is 0.450. The number of benzene rings is 1. The van der Waals surface area contributed by atoms with Gasteiger partial charge in [0.1, 0.15) is 10.6 Å². The van der Waals surface area contributed by atoms with Gasteiger partial charge in [-0.2, -0.15) is 11.3 Å². The van der Waals surface area contributed by atoms with Crippen molar-refractivity contribution in [3.05, 3.63) is 46.2 Å². The number of likely N-dealkylation sites (N-methyl/N-ethyl adjacent to an activating group) is 1. The number of sulfonamides is 1. The van der Waals surface area contributed by atoms with Crippen LogP contribution in [0.25, 0.3) is 0 Å². The topological polar surface area (TPSA) is 87.7 Å². The van der Waals surface area contributed by atoms with Crippen LogP contribution in [0.3, 0.4) is 0 Å². The van der Waals surface area contributed by atoms with Gasteiger partial charge in [-0.3, -0.25) is 4.79 Å². The Labute approximate surface area is 177 Å². The Bertz CT molecular complexity index is 933. The molecule has 29 heavy (non-hydrogen) atoms. The summed E-state index contributed by atoms with van der Waals surface area (Å²) in [7, 11) is 1.44. The number of ether oxygens (including phenoxy) is 1.